The molecule has 0 aromatic heterocycles. The predicted molar refractivity (Wildman–Crippen MR) is 78.0 cm³/mol. The third kappa shape index (κ3) is 3.26. The van der Waals surface area contributed by atoms with Crippen molar-refractivity contribution in [1.29, 1.82) is 0 Å². The number of hydrogen-bond acceptors (Lipinski definition) is 4. The predicted octanol–water partition coefficient (Wildman–Crippen LogP) is 2.94. The van der Waals surface area contributed by atoms with Gasteiger partial charge in [0.05, 0.1) is 10.6 Å². The van der Waals surface area contributed by atoms with Crippen molar-refractivity contribution in [3.05, 3.63) is 27.8 Å². The summed E-state index contributed by atoms with van der Waals surface area (Å²) in [4.78, 5) is 22.1. The van der Waals surface area contributed by atoms with E-state index >= 15 is 0 Å². The maximum Gasteiger partial charge on any atom is 0.294 e. The quantitative estimate of drug-likeness (QED) is 0.640. The summed E-state index contributed by atoms with van der Waals surface area (Å²) >= 11 is 0. The van der Waals surface area contributed by atoms with Crippen molar-refractivity contribution >= 4 is 23.0 Å². The Morgan fingerprint density at radius 3 is 2.80 bits per heavy atom. The molecule has 1 heterocycles. The van der Waals surface area contributed by atoms with Crippen LogP contribution in [0.15, 0.2) is 12.1 Å². The van der Waals surface area contributed by atoms with Crippen LogP contribution >= 0.6 is 0 Å². The molecule has 1 aliphatic heterocycles. The Balaban J connectivity index is 2.25. The summed E-state index contributed by atoms with van der Waals surface area (Å²) in [5.74, 6) is 0.450. The van der Waals surface area contributed by atoms with Crippen molar-refractivity contribution in [2.24, 2.45) is 5.92 Å². The first-order valence-corrected chi connectivity index (χ1v) is 6.82. The largest absolute Gasteiger partial charge is 0.379 e. The Bertz CT molecular complexity index is 541. The lowest BCUT2D eigenvalue weighted by molar-refractivity contribution is -0.383. The Morgan fingerprint density at radius 2 is 2.15 bits per heavy atom. The summed E-state index contributed by atoms with van der Waals surface area (Å²) in [5, 5.41) is 17.0. The van der Waals surface area contributed by atoms with Gasteiger partial charge in [0.25, 0.3) is 5.69 Å². The summed E-state index contributed by atoms with van der Waals surface area (Å²) in [6.07, 6.45) is 2.00. The molecule has 20 heavy (non-hydrogen) atoms. The molecule has 1 aromatic carbocycles. The van der Waals surface area contributed by atoms with Gasteiger partial charge < -0.3 is 10.6 Å². The number of carbonyl (C=O) groups is 1. The van der Waals surface area contributed by atoms with Crippen LogP contribution in [0.2, 0.25) is 0 Å². The molecular weight excluding hydrogens is 258 g/mol. The second kappa shape index (κ2) is 5.90. The molecule has 6 heteroatoms. The number of nitro benzene ring substituents is 1. The molecule has 0 fully saturated rings. The summed E-state index contributed by atoms with van der Waals surface area (Å²) in [5.41, 5.74) is 2.05. The van der Waals surface area contributed by atoms with Crippen LogP contribution in [0.25, 0.3) is 0 Å². The first kappa shape index (κ1) is 14.3. The Hall–Kier alpha value is -2.11. The van der Waals surface area contributed by atoms with E-state index in [9.17, 15) is 14.9 Å². The molecule has 108 valence electrons. The highest BCUT2D eigenvalue weighted by Gasteiger charge is 2.22. The number of hydrogen-bond donors (Lipinski definition) is 2. The van der Waals surface area contributed by atoms with Gasteiger partial charge >= 0.3 is 0 Å². The Morgan fingerprint density at radius 1 is 1.40 bits per heavy atom. The lowest BCUT2D eigenvalue weighted by Gasteiger charge is -2.18. The van der Waals surface area contributed by atoms with Gasteiger partial charge in [0, 0.05) is 19.0 Å². The molecule has 0 aliphatic carbocycles. The maximum absolute atomic E-state index is 11.3. The van der Waals surface area contributed by atoms with E-state index in [1.807, 2.05) is 0 Å². The van der Waals surface area contributed by atoms with E-state index in [1.54, 1.807) is 6.07 Å². The van der Waals surface area contributed by atoms with Gasteiger partial charge in [0.1, 0.15) is 5.69 Å². The van der Waals surface area contributed by atoms with Gasteiger partial charge in [-0.2, -0.15) is 0 Å². The lowest BCUT2D eigenvalue weighted by Crippen LogP contribution is -2.19. The van der Waals surface area contributed by atoms with Crippen LogP contribution in [0.4, 0.5) is 17.1 Å². The molecular formula is C14H19N3O3. The summed E-state index contributed by atoms with van der Waals surface area (Å²) in [7, 11) is 0. The molecule has 0 spiro atoms. The van der Waals surface area contributed by atoms with Crippen molar-refractivity contribution in [3.63, 3.8) is 0 Å². The molecule has 2 N–H and O–H groups in total. The number of amides is 1. The van der Waals surface area contributed by atoms with Crippen LogP contribution in [0, 0.1) is 16.0 Å². The van der Waals surface area contributed by atoms with Crippen LogP contribution < -0.4 is 10.6 Å². The second-order valence-corrected chi connectivity index (χ2v) is 5.44. The Kier molecular flexibility index (Phi) is 4.22. The van der Waals surface area contributed by atoms with Gasteiger partial charge in [0.15, 0.2) is 0 Å². The zero-order valence-electron chi connectivity index (χ0n) is 11.7. The van der Waals surface area contributed by atoms with E-state index < -0.39 is 4.92 Å². The fraction of sp³-hybridized carbons (Fsp3) is 0.500. The van der Waals surface area contributed by atoms with E-state index in [4.69, 9.17) is 0 Å². The summed E-state index contributed by atoms with van der Waals surface area (Å²) in [6.45, 7) is 4.92. The third-order valence-corrected chi connectivity index (χ3v) is 3.35. The molecule has 6 nitrogen and oxygen atoms in total. The van der Waals surface area contributed by atoms with Crippen molar-refractivity contribution < 1.29 is 9.72 Å². The monoisotopic (exact) mass is 277 g/mol. The standard InChI is InChI=1S/C14H19N3O3/c1-9(2)5-6-15-12-7-10-3-4-14(18)16-11(10)8-13(12)17(19)20/h7-9,15H,3-6H2,1-2H3,(H,16,18). The SMILES string of the molecule is CC(C)CCNc1cc2c(cc1[N+](=O)[O-])NC(=O)CC2. The van der Waals surface area contributed by atoms with Crippen molar-refractivity contribution in [3.8, 4) is 0 Å². The van der Waals surface area contributed by atoms with Gasteiger partial charge in [-0.1, -0.05) is 13.8 Å². The smallest absolute Gasteiger partial charge is 0.294 e. The number of anilines is 2. The van der Waals surface area contributed by atoms with Crippen molar-refractivity contribution in [1.82, 2.24) is 0 Å². The highest BCUT2D eigenvalue weighted by atomic mass is 16.6. The van der Waals surface area contributed by atoms with Gasteiger partial charge in [-0.15, -0.1) is 0 Å². The fourth-order valence-corrected chi connectivity index (χ4v) is 2.21. The molecule has 0 atom stereocenters. The highest BCUT2D eigenvalue weighted by molar-refractivity contribution is 5.95. The number of nitro groups is 1. The third-order valence-electron chi connectivity index (χ3n) is 3.35. The summed E-state index contributed by atoms with van der Waals surface area (Å²) < 4.78 is 0. The number of nitrogens with one attached hydrogen (secondary N) is 2. The normalized spacial score (nSPS) is 13.8. The molecule has 1 aromatic rings. The molecule has 0 bridgehead atoms. The van der Waals surface area contributed by atoms with E-state index in [2.05, 4.69) is 24.5 Å². The zero-order valence-corrected chi connectivity index (χ0v) is 11.7. The van der Waals surface area contributed by atoms with Gasteiger partial charge in [-0.05, 0) is 30.4 Å². The molecule has 0 unspecified atom stereocenters. The molecule has 0 saturated heterocycles. The average Bonchev–Trinajstić information content (AvgIpc) is 2.37. The van der Waals surface area contributed by atoms with Crippen LogP contribution in [0.3, 0.4) is 0 Å². The van der Waals surface area contributed by atoms with Crippen LogP contribution in [-0.2, 0) is 11.2 Å². The first-order chi connectivity index (χ1) is 9.47. The zero-order chi connectivity index (χ0) is 14.7. The number of benzene rings is 1. The van der Waals surface area contributed by atoms with Crippen LogP contribution in [-0.4, -0.2) is 17.4 Å². The lowest BCUT2D eigenvalue weighted by atomic mass is 10.0. The highest BCUT2D eigenvalue weighted by Crippen LogP contribution is 2.34. The second-order valence-electron chi connectivity index (χ2n) is 5.44. The molecule has 0 saturated carbocycles. The maximum atomic E-state index is 11.3. The molecule has 2 rings (SSSR count). The molecule has 0 radical (unpaired) electrons. The van der Waals surface area contributed by atoms with Gasteiger partial charge in [0.2, 0.25) is 5.91 Å². The fourth-order valence-electron chi connectivity index (χ4n) is 2.21. The van der Waals surface area contributed by atoms with E-state index in [0.29, 0.717) is 36.7 Å². The van der Waals surface area contributed by atoms with Crippen molar-refractivity contribution in [2.75, 3.05) is 17.2 Å². The van der Waals surface area contributed by atoms with Gasteiger partial charge in [-0.3, -0.25) is 14.9 Å². The van der Waals surface area contributed by atoms with Crippen LogP contribution in [0.5, 0.6) is 0 Å². The topological polar surface area (TPSA) is 84.3 Å². The minimum Gasteiger partial charge on any atom is -0.379 e. The number of aryl methyl sites for hydroxylation is 1. The average molecular weight is 277 g/mol. The molecule has 1 amide bonds. The van der Waals surface area contributed by atoms with E-state index in [-0.39, 0.29) is 11.6 Å². The number of rotatable bonds is 5. The minimum atomic E-state index is -0.418. The van der Waals surface area contributed by atoms with Crippen LogP contribution in [0.1, 0.15) is 32.3 Å². The van der Waals surface area contributed by atoms with E-state index in [1.165, 1.54) is 6.07 Å². The van der Waals surface area contributed by atoms with E-state index in [0.717, 1.165) is 12.0 Å². The molecule has 1 aliphatic rings. The Labute approximate surface area is 117 Å². The van der Waals surface area contributed by atoms with Gasteiger partial charge in [-0.25, -0.2) is 0 Å². The first-order valence-electron chi connectivity index (χ1n) is 6.82. The minimum absolute atomic E-state index is 0.00899. The van der Waals surface area contributed by atoms with Crippen molar-refractivity contribution in [2.45, 2.75) is 33.1 Å². The summed E-state index contributed by atoms with van der Waals surface area (Å²) in [6, 6.07) is 3.23. The number of carbonyl (C=O) groups excluding carboxylic acids is 1. The number of fused-ring (bicyclic) bond motifs is 1. The number of nitrogens with zero attached hydrogens (tertiary/aromatic N) is 1.